The number of hydrogen-bond donors (Lipinski definition) is 3. The van der Waals surface area contributed by atoms with Gasteiger partial charge in [-0.3, -0.25) is 0 Å². The molecule has 0 saturated heterocycles. The van der Waals surface area contributed by atoms with Crippen LogP contribution in [-0.2, 0) is 14.1 Å². The van der Waals surface area contributed by atoms with Gasteiger partial charge in [-0.1, -0.05) is 0 Å². The molecule has 0 spiro atoms. The van der Waals surface area contributed by atoms with E-state index in [9.17, 15) is 4.79 Å². The molecule has 6 nitrogen and oxygen atoms in total. The third-order valence-electron chi connectivity index (χ3n) is 1.06. The van der Waals surface area contributed by atoms with Crippen molar-refractivity contribution < 1.29 is 28.8 Å². The average Bonchev–Trinajstić information content (AvgIpc) is 2.01. The number of ether oxygens (including phenoxy) is 1. The summed E-state index contributed by atoms with van der Waals surface area (Å²) in [6.07, 6.45) is 1.18. The second-order valence-corrected chi connectivity index (χ2v) is 3.40. The summed E-state index contributed by atoms with van der Waals surface area (Å²) in [6.45, 7) is 5.12. The summed E-state index contributed by atoms with van der Waals surface area (Å²) in [5, 5.41) is 0.847. The molecule has 3 N–H and O–H groups in total. The Hall–Kier alpha value is -0.0826. The van der Waals surface area contributed by atoms with Crippen LogP contribution >= 0.6 is 7.82 Å². The van der Waals surface area contributed by atoms with Gasteiger partial charge in [-0.15, -0.1) is 0 Å². The molecule has 1 atom stereocenters. The molecule has 0 aliphatic rings. The molecule has 0 heterocycles. The Morgan fingerprint density at radius 3 is 2.21 bits per heavy atom. The van der Waals surface area contributed by atoms with E-state index in [1.165, 1.54) is 6.08 Å². The van der Waals surface area contributed by atoms with Crippen LogP contribution in [0.5, 0.6) is 0 Å². The second kappa shape index (κ2) is 8.24. The topological polar surface area (TPSA) is 104 Å². The minimum absolute atomic E-state index is 0.00972. The Morgan fingerprint density at radius 2 is 2.00 bits per heavy atom. The molecule has 8 heteroatoms. The van der Waals surface area contributed by atoms with Gasteiger partial charge in [0.2, 0.25) is 0 Å². The zero-order valence-corrected chi connectivity index (χ0v) is 8.98. The standard InChI is InChI=1S/C6H9O2.Li.H3O4P/c1-4-6(7)8-5(2)3;;1-5(2,3)4/h4-5H,1-2H2,3H3;;(H3,1,2,3,4). The molecule has 0 aliphatic carbocycles. The summed E-state index contributed by atoms with van der Waals surface area (Å²) >= 11 is 1.96. The zero-order chi connectivity index (χ0) is 11.8. The van der Waals surface area contributed by atoms with E-state index >= 15 is 0 Å². The van der Waals surface area contributed by atoms with Crippen molar-refractivity contribution in [3.05, 3.63) is 12.7 Å². The van der Waals surface area contributed by atoms with Crippen LogP contribution in [0, 0.1) is 0 Å². The number of rotatable bonds is 3. The summed E-state index contributed by atoms with van der Waals surface area (Å²) in [5.74, 6) is -0.343. The molecule has 78 valence electrons. The van der Waals surface area contributed by atoms with Crippen molar-refractivity contribution in [3.8, 4) is 0 Å². The van der Waals surface area contributed by atoms with Crippen molar-refractivity contribution in [2.24, 2.45) is 0 Å². The van der Waals surface area contributed by atoms with Gasteiger partial charge in [0.1, 0.15) is 0 Å². The minimum atomic E-state index is -4.64. The third kappa shape index (κ3) is 22.7. The second-order valence-electron chi connectivity index (χ2n) is 2.37. The molecule has 0 aromatic heterocycles. The van der Waals surface area contributed by atoms with E-state index in [1.54, 1.807) is 0 Å². The number of hydrogen-bond acceptors (Lipinski definition) is 3. The van der Waals surface area contributed by atoms with Gasteiger partial charge in [0.05, 0.1) is 0 Å². The van der Waals surface area contributed by atoms with Gasteiger partial charge >= 0.3 is 71.8 Å². The Morgan fingerprint density at radius 1 is 1.64 bits per heavy atom. The third-order valence-corrected chi connectivity index (χ3v) is 1.06. The molecule has 14 heavy (non-hydrogen) atoms. The Labute approximate surface area is 91.4 Å². The first-order valence-electron chi connectivity index (χ1n) is 3.82. The fraction of sp³-hybridized carbons (Fsp3) is 0.500. The molecule has 0 aromatic carbocycles. The number of phosphoric acid groups is 1. The molecule has 0 fully saturated rings. The molecule has 0 aromatic rings. The number of esters is 1. The first-order chi connectivity index (χ1) is 6.20. The maximum atomic E-state index is 10.4. The molecular weight excluding hydrogens is 206 g/mol. The van der Waals surface area contributed by atoms with Crippen molar-refractivity contribution in [2.75, 3.05) is 0 Å². The van der Waals surface area contributed by atoms with Crippen LogP contribution in [0.25, 0.3) is 0 Å². The van der Waals surface area contributed by atoms with E-state index in [2.05, 4.69) is 6.58 Å². The SMILES string of the molecule is O=P(O)(O)O.[Li][CH2]C(C)OC(=O)C=C. The fourth-order valence-electron chi connectivity index (χ4n) is 0.330. The van der Waals surface area contributed by atoms with Crippen LogP contribution in [0.4, 0.5) is 0 Å². The van der Waals surface area contributed by atoms with Crippen molar-refractivity contribution in [2.45, 2.75) is 18.1 Å². The normalized spacial score (nSPS) is 12.1. The molecule has 0 aliphatic heterocycles. The fourth-order valence-corrected chi connectivity index (χ4v) is 0.330. The monoisotopic (exact) mass is 218 g/mol. The van der Waals surface area contributed by atoms with Crippen molar-refractivity contribution in [1.82, 2.24) is 0 Å². The summed E-state index contributed by atoms with van der Waals surface area (Å²) in [6, 6.07) is 0. The first-order valence-corrected chi connectivity index (χ1v) is 5.38. The molecule has 0 saturated carbocycles. The average molecular weight is 218 g/mol. The van der Waals surface area contributed by atoms with E-state index in [-0.39, 0.29) is 12.1 Å². The van der Waals surface area contributed by atoms with Gasteiger partial charge in [0.15, 0.2) is 0 Å². The van der Waals surface area contributed by atoms with Crippen molar-refractivity contribution in [3.63, 3.8) is 0 Å². The predicted octanol–water partition coefficient (Wildman–Crippen LogP) is -0.238. The van der Waals surface area contributed by atoms with Crippen LogP contribution in [0.15, 0.2) is 12.7 Å². The van der Waals surface area contributed by atoms with Crippen LogP contribution < -0.4 is 0 Å². The van der Waals surface area contributed by atoms with Gasteiger partial charge < -0.3 is 14.7 Å². The Kier molecular flexibility index (Phi) is 9.63. The maximum absolute atomic E-state index is 10.4. The van der Waals surface area contributed by atoms with E-state index < -0.39 is 7.82 Å². The molecule has 1 unspecified atom stereocenters. The number of carbonyl (C=O) groups is 1. The van der Waals surface area contributed by atoms with E-state index in [4.69, 9.17) is 24.0 Å². The zero-order valence-electron chi connectivity index (χ0n) is 8.08. The summed E-state index contributed by atoms with van der Waals surface area (Å²) in [5.41, 5.74) is 0. The number of carbonyl (C=O) groups excluding carboxylic acids is 1. The van der Waals surface area contributed by atoms with E-state index in [0.29, 0.717) is 0 Å². The van der Waals surface area contributed by atoms with E-state index in [1.807, 2.05) is 24.6 Å². The van der Waals surface area contributed by atoms with Crippen LogP contribution in [-0.4, -0.2) is 44.5 Å². The molecule has 0 radical (unpaired) electrons. The molecule has 0 amide bonds. The van der Waals surface area contributed by atoms with Gasteiger partial charge in [-0.2, -0.15) is 0 Å². The Balaban J connectivity index is 0. The van der Waals surface area contributed by atoms with Gasteiger partial charge in [0, 0.05) is 0 Å². The first kappa shape index (κ1) is 16.4. The van der Waals surface area contributed by atoms with Gasteiger partial charge in [0.25, 0.3) is 0 Å². The molecule has 0 bridgehead atoms. The van der Waals surface area contributed by atoms with Crippen LogP contribution in [0.3, 0.4) is 0 Å². The van der Waals surface area contributed by atoms with Gasteiger partial charge in [-0.25, -0.2) is 4.57 Å². The summed E-state index contributed by atoms with van der Waals surface area (Å²) in [7, 11) is -4.64. The van der Waals surface area contributed by atoms with Crippen molar-refractivity contribution in [1.29, 1.82) is 0 Å². The van der Waals surface area contributed by atoms with Crippen LogP contribution in [0.2, 0.25) is 5.09 Å². The van der Waals surface area contributed by atoms with E-state index in [0.717, 1.165) is 5.09 Å². The Bertz CT molecular complexity index is 216. The molecule has 0 rings (SSSR count). The quantitative estimate of drug-likeness (QED) is 0.261. The summed E-state index contributed by atoms with van der Waals surface area (Å²) in [4.78, 5) is 32.0. The van der Waals surface area contributed by atoms with Crippen molar-refractivity contribution >= 4 is 31.5 Å². The van der Waals surface area contributed by atoms with Crippen LogP contribution in [0.1, 0.15) is 6.92 Å². The van der Waals surface area contributed by atoms with Gasteiger partial charge in [-0.05, 0) is 0 Å². The summed E-state index contributed by atoms with van der Waals surface area (Å²) < 4.78 is 13.7. The molecular formula is C6H12LiO6P. The predicted molar refractivity (Wildman–Crippen MR) is 50.6 cm³/mol.